The molecule has 0 amide bonds. The highest BCUT2D eigenvalue weighted by Crippen LogP contribution is 2.33. The van der Waals surface area contributed by atoms with Gasteiger partial charge in [0.1, 0.15) is 18.2 Å². The lowest BCUT2D eigenvalue weighted by atomic mass is 10.0. The number of carbonyl (C=O) groups excluding carboxylic acids is 1. The van der Waals surface area contributed by atoms with Crippen LogP contribution in [0.4, 0.5) is 10.1 Å². The minimum absolute atomic E-state index is 0.0331. The van der Waals surface area contributed by atoms with Crippen LogP contribution < -0.4 is 10.5 Å². The monoisotopic (exact) mass is 287 g/mol. The quantitative estimate of drug-likeness (QED) is 0.696. The number of hydrogen-bond acceptors (Lipinski definition) is 4. The lowest BCUT2D eigenvalue weighted by Gasteiger charge is -2.10. The Labute approximate surface area is 121 Å². The van der Waals surface area contributed by atoms with Crippen molar-refractivity contribution in [2.24, 2.45) is 0 Å². The molecule has 0 spiro atoms. The number of fused-ring (bicyclic) bond motifs is 1. The number of ether oxygens (including phenoxy) is 2. The van der Waals surface area contributed by atoms with Crippen LogP contribution in [-0.4, -0.2) is 19.2 Å². The molecule has 4 nitrogen and oxygen atoms in total. The number of para-hydroxylation sites is 1. The fraction of sp³-hybridized carbons (Fsp3) is 0.188. The molecule has 2 aromatic carbocycles. The Morgan fingerprint density at radius 1 is 1.33 bits per heavy atom. The third-order valence-corrected chi connectivity index (χ3v) is 3.42. The van der Waals surface area contributed by atoms with Gasteiger partial charge in [0.2, 0.25) is 0 Å². The standard InChI is InChI=1S/C16H14FNO3/c17-14-6-5-11(18)7-13(14)16(19)21-9-10-8-20-15-4-2-1-3-12(10)15/h1-7,10H,8-9,18H2. The van der Waals surface area contributed by atoms with E-state index in [1.54, 1.807) is 0 Å². The molecule has 1 unspecified atom stereocenters. The van der Waals surface area contributed by atoms with Crippen molar-refractivity contribution in [2.75, 3.05) is 18.9 Å². The van der Waals surface area contributed by atoms with Crippen LogP contribution in [0, 0.1) is 5.82 Å². The van der Waals surface area contributed by atoms with E-state index in [1.807, 2.05) is 24.3 Å². The van der Waals surface area contributed by atoms with Gasteiger partial charge in [-0.3, -0.25) is 0 Å². The maximum Gasteiger partial charge on any atom is 0.341 e. The molecule has 0 fully saturated rings. The van der Waals surface area contributed by atoms with Gasteiger partial charge < -0.3 is 15.2 Å². The number of rotatable bonds is 3. The molecule has 108 valence electrons. The second-order valence-electron chi connectivity index (χ2n) is 4.88. The maximum absolute atomic E-state index is 13.6. The van der Waals surface area contributed by atoms with E-state index in [-0.39, 0.29) is 18.1 Å². The molecule has 0 aliphatic carbocycles. The molecule has 3 rings (SSSR count). The fourth-order valence-electron chi connectivity index (χ4n) is 2.32. The predicted molar refractivity (Wildman–Crippen MR) is 75.8 cm³/mol. The summed E-state index contributed by atoms with van der Waals surface area (Å²) >= 11 is 0. The SMILES string of the molecule is Nc1ccc(F)c(C(=O)OCC2COc3ccccc32)c1. The van der Waals surface area contributed by atoms with Gasteiger partial charge in [-0.25, -0.2) is 9.18 Å². The zero-order chi connectivity index (χ0) is 14.8. The molecule has 2 N–H and O–H groups in total. The second-order valence-corrected chi connectivity index (χ2v) is 4.88. The van der Waals surface area contributed by atoms with E-state index in [0.717, 1.165) is 17.4 Å². The normalized spacial score (nSPS) is 16.1. The Hall–Kier alpha value is -2.56. The van der Waals surface area contributed by atoms with Crippen molar-refractivity contribution < 1.29 is 18.7 Å². The van der Waals surface area contributed by atoms with Crippen LogP contribution >= 0.6 is 0 Å². The van der Waals surface area contributed by atoms with Gasteiger partial charge in [0.05, 0.1) is 18.1 Å². The van der Waals surface area contributed by atoms with Gasteiger partial charge in [0, 0.05) is 11.3 Å². The smallest absolute Gasteiger partial charge is 0.341 e. The fourth-order valence-corrected chi connectivity index (χ4v) is 2.32. The largest absolute Gasteiger partial charge is 0.493 e. The Balaban J connectivity index is 1.69. The van der Waals surface area contributed by atoms with Crippen LogP contribution in [0.2, 0.25) is 0 Å². The van der Waals surface area contributed by atoms with Crippen molar-refractivity contribution in [1.82, 2.24) is 0 Å². The van der Waals surface area contributed by atoms with Crippen molar-refractivity contribution in [3.05, 3.63) is 59.4 Å². The van der Waals surface area contributed by atoms with Crippen molar-refractivity contribution in [3.63, 3.8) is 0 Å². The van der Waals surface area contributed by atoms with Gasteiger partial charge in [-0.2, -0.15) is 0 Å². The summed E-state index contributed by atoms with van der Waals surface area (Å²) in [5.41, 5.74) is 6.72. The first-order valence-corrected chi connectivity index (χ1v) is 6.59. The Kier molecular flexibility index (Phi) is 3.48. The summed E-state index contributed by atoms with van der Waals surface area (Å²) in [6.45, 7) is 0.593. The molecule has 0 aromatic heterocycles. The molecular formula is C16H14FNO3. The van der Waals surface area contributed by atoms with Crippen molar-refractivity contribution >= 4 is 11.7 Å². The number of anilines is 1. The zero-order valence-corrected chi connectivity index (χ0v) is 11.2. The molecule has 0 saturated heterocycles. The third-order valence-electron chi connectivity index (χ3n) is 3.42. The van der Waals surface area contributed by atoms with E-state index in [2.05, 4.69) is 0 Å². The van der Waals surface area contributed by atoms with Crippen LogP contribution in [0.5, 0.6) is 5.75 Å². The number of benzene rings is 2. The lowest BCUT2D eigenvalue weighted by Crippen LogP contribution is -2.15. The summed E-state index contributed by atoms with van der Waals surface area (Å²) < 4.78 is 24.3. The minimum Gasteiger partial charge on any atom is -0.493 e. The van der Waals surface area contributed by atoms with Crippen molar-refractivity contribution in [2.45, 2.75) is 5.92 Å². The summed E-state index contributed by atoms with van der Waals surface area (Å²) in [5, 5.41) is 0. The van der Waals surface area contributed by atoms with E-state index >= 15 is 0 Å². The first kappa shape index (κ1) is 13.4. The van der Waals surface area contributed by atoms with Gasteiger partial charge in [0.25, 0.3) is 0 Å². The van der Waals surface area contributed by atoms with Crippen LogP contribution in [0.3, 0.4) is 0 Å². The van der Waals surface area contributed by atoms with E-state index in [1.165, 1.54) is 12.1 Å². The second kappa shape index (κ2) is 5.44. The molecule has 1 aliphatic rings. The van der Waals surface area contributed by atoms with E-state index in [0.29, 0.717) is 12.3 Å². The number of hydrogen-bond donors (Lipinski definition) is 1. The number of nitrogen functional groups attached to an aromatic ring is 1. The molecular weight excluding hydrogens is 273 g/mol. The molecule has 5 heteroatoms. The highest BCUT2D eigenvalue weighted by Gasteiger charge is 2.25. The van der Waals surface area contributed by atoms with Crippen molar-refractivity contribution in [3.8, 4) is 5.75 Å². The summed E-state index contributed by atoms with van der Waals surface area (Å²) in [7, 11) is 0. The number of carbonyl (C=O) groups is 1. The maximum atomic E-state index is 13.6. The molecule has 0 saturated carbocycles. The van der Waals surface area contributed by atoms with Crippen LogP contribution in [0.15, 0.2) is 42.5 Å². The molecule has 1 atom stereocenters. The summed E-state index contributed by atoms with van der Waals surface area (Å²) in [6.07, 6.45) is 0. The first-order chi connectivity index (χ1) is 10.1. The average Bonchev–Trinajstić information content (AvgIpc) is 2.90. The number of nitrogens with two attached hydrogens (primary N) is 1. The van der Waals surface area contributed by atoms with Gasteiger partial charge in [-0.15, -0.1) is 0 Å². The highest BCUT2D eigenvalue weighted by atomic mass is 19.1. The van der Waals surface area contributed by atoms with Gasteiger partial charge in [-0.1, -0.05) is 18.2 Å². The summed E-state index contributed by atoms with van der Waals surface area (Å²) in [6, 6.07) is 11.4. The lowest BCUT2D eigenvalue weighted by molar-refractivity contribution is 0.0465. The van der Waals surface area contributed by atoms with E-state index in [9.17, 15) is 9.18 Å². The van der Waals surface area contributed by atoms with Gasteiger partial charge in [0.15, 0.2) is 0 Å². The van der Waals surface area contributed by atoms with Crippen LogP contribution in [0.25, 0.3) is 0 Å². The Morgan fingerprint density at radius 2 is 2.14 bits per heavy atom. The Morgan fingerprint density at radius 3 is 3.00 bits per heavy atom. The molecule has 1 heterocycles. The zero-order valence-electron chi connectivity index (χ0n) is 11.2. The molecule has 0 bridgehead atoms. The van der Waals surface area contributed by atoms with Gasteiger partial charge >= 0.3 is 5.97 Å². The van der Waals surface area contributed by atoms with Crippen molar-refractivity contribution in [1.29, 1.82) is 0 Å². The summed E-state index contributed by atoms with van der Waals surface area (Å²) in [4.78, 5) is 11.9. The average molecular weight is 287 g/mol. The number of esters is 1. The Bertz CT molecular complexity index is 687. The highest BCUT2D eigenvalue weighted by molar-refractivity contribution is 5.90. The molecule has 0 radical (unpaired) electrons. The van der Waals surface area contributed by atoms with Gasteiger partial charge in [-0.05, 0) is 24.3 Å². The predicted octanol–water partition coefficient (Wildman–Crippen LogP) is 2.74. The topological polar surface area (TPSA) is 61.6 Å². The first-order valence-electron chi connectivity index (χ1n) is 6.59. The minimum atomic E-state index is -0.718. The van der Waals surface area contributed by atoms with Crippen LogP contribution in [0.1, 0.15) is 21.8 Å². The van der Waals surface area contributed by atoms with E-state index < -0.39 is 11.8 Å². The molecule has 1 aliphatic heterocycles. The third kappa shape index (κ3) is 2.67. The molecule has 21 heavy (non-hydrogen) atoms. The number of halogens is 1. The summed E-state index contributed by atoms with van der Waals surface area (Å²) in [5.74, 6) is -0.593. The molecule has 2 aromatic rings. The van der Waals surface area contributed by atoms with Crippen LogP contribution in [-0.2, 0) is 4.74 Å². The van der Waals surface area contributed by atoms with E-state index in [4.69, 9.17) is 15.2 Å².